The number of hydrogen-bond acceptors (Lipinski definition) is 0. The summed E-state index contributed by atoms with van der Waals surface area (Å²) in [7, 11) is -1.17. The first-order valence-electron chi connectivity index (χ1n) is 6.62. The Kier molecular flexibility index (Phi) is 2.65. The summed E-state index contributed by atoms with van der Waals surface area (Å²) >= 11 is 0. The minimum Gasteiger partial charge on any atom is -0.0851 e. The van der Waals surface area contributed by atoms with E-state index in [4.69, 9.17) is 0 Å². The molecule has 2 bridgehead atoms. The lowest BCUT2D eigenvalue weighted by Crippen LogP contribution is -2.48. The molecule has 86 valence electrons. The van der Waals surface area contributed by atoms with Crippen LogP contribution in [0.3, 0.4) is 0 Å². The first-order chi connectivity index (χ1) is 6.92. The zero-order valence-corrected chi connectivity index (χ0v) is 12.0. The Labute approximate surface area is 96.2 Å². The number of rotatable bonds is 3. The Hall–Kier alpha value is -0.0431. The third-order valence-electron chi connectivity index (χ3n) is 5.75. The van der Waals surface area contributed by atoms with Crippen LogP contribution in [0.4, 0.5) is 0 Å². The van der Waals surface area contributed by atoms with Crippen molar-refractivity contribution in [2.45, 2.75) is 69.6 Å². The van der Waals surface area contributed by atoms with E-state index in [0.29, 0.717) is 5.04 Å². The fraction of sp³-hybridized carbons (Fsp3) is 0.857. The van der Waals surface area contributed by atoms with Crippen LogP contribution in [0.1, 0.15) is 47.0 Å². The molecule has 0 radical (unpaired) electrons. The van der Waals surface area contributed by atoms with E-state index in [1.54, 1.807) is 0 Å². The molecule has 0 amide bonds. The Morgan fingerprint density at radius 1 is 1.20 bits per heavy atom. The van der Waals surface area contributed by atoms with Gasteiger partial charge >= 0.3 is 0 Å². The Morgan fingerprint density at radius 2 is 1.80 bits per heavy atom. The summed E-state index contributed by atoms with van der Waals surface area (Å²) in [5.41, 5.74) is 1.83. The van der Waals surface area contributed by atoms with E-state index in [9.17, 15) is 0 Å². The molecule has 1 heteroatoms. The maximum atomic E-state index is 2.67. The minimum absolute atomic E-state index is 0.667. The van der Waals surface area contributed by atoms with Gasteiger partial charge in [-0.1, -0.05) is 57.5 Å². The van der Waals surface area contributed by atoms with Crippen molar-refractivity contribution in [3.8, 4) is 0 Å². The first-order valence-corrected chi connectivity index (χ1v) is 9.27. The second-order valence-electron chi connectivity index (χ2n) is 6.61. The number of fused-ring (bicyclic) bond motifs is 2. The van der Waals surface area contributed by atoms with Gasteiger partial charge in [0, 0.05) is 0 Å². The third-order valence-corrected chi connectivity index (χ3v) is 13.3. The summed E-state index contributed by atoms with van der Waals surface area (Å²) in [6.07, 6.45) is 9.62. The number of allylic oxidation sites excluding steroid dienone is 2. The van der Waals surface area contributed by atoms with Gasteiger partial charge in [0.1, 0.15) is 0 Å². The standard InChI is InChI=1S/C14H26Si/c1-11(2)15(5,12(3)4)14-8-6-13(10-14)7-9-14/h6,8,11-13H,7,9-10H2,1-5H3. The summed E-state index contributed by atoms with van der Waals surface area (Å²) in [6.45, 7) is 12.6. The van der Waals surface area contributed by atoms with E-state index >= 15 is 0 Å². The second-order valence-corrected chi connectivity index (χ2v) is 12.5. The highest BCUT2D eigenvalue weighted by Crippen LogP contribution is 2.65. The van der Waals surface area contributed by atoms with Gasteiger partial charge in [0.25, 0.3) is 0 Å². The van der Waals surface area contributed by atoms with Crippen molar-refractivity contribution in [3.63, 3.8) is 0 Å². The van der Waals surface area contributed by atoms with Crippen LogP contribution in [0, 0.1) is 5.92 Å². The van der Waals surface area contributed by atoms with Crippen molar-refractivity contribution in [2.75, 3.05) is 0 Å². The molecule has 0 aromatic carbocycles. The van der Waals surface area contributed by atoms with Gasteiger partial charge in [-0.3, -0.25) is 0 Å². The smallest absolute Gasteiger partial charge is 0.0660 e. The van der Waals surface area contributed by atoms with E-state index in [-0.39, 0.29) is 0 Å². The molecule has 0 nitrogen and oxygen atoms in total. The Bertz CT molecular complexity index is 269. The average Bonchev–Trinajstić information content (AvgIpc) is 2.76. The van der Waals surface area contributed by atoms with E-state index in [1.807, 2.05) is 0 Å². The van der Waals surface area contributed by atoms with Gasteiger partial charge in [0.15, 0.2) is 0 Å². The van der Waals surface area contributed by atoms with Crippen LogP contribution in [-0.4, -0.2) is 8.07 Å². The molecule has 0 saturated heterocycles. The lowest BCUT2D eigenvalue weighted by molar-refractivity contribution is 0.638. The fourth-order valence-corrected chi connectivity index (χ4v) is 9.71. The van der Waals surface area contributed by atoms with Gasteiger partial charge in [0.05, 0.1) is 8.07 Å². The molecule has 0 aromatic heterocycles. The van der Waals surface area contributed by atoms with Gasteiger partial charge in [0.2, 0.25) is 0 Å². The molecule has 15 heavy (non-hydrogen) atoms. The summed E-state index contributed by atoms with van der Waals surface area (Å²) in [6, 6.07) is 0. The van der Waals surface area contributed by atoms with Crippen LogP contribution in [0.5, 0.6) is 0 Å². The molecule has 0 heterocycles. The van der Waals surface area contributed by atoms with Crippen LogP contribution in [-0.2, 0) is 0 Å². The quantitative estimate of drug-likeness (QED) is 0.466. The van der Waals surface area contributed by atoms with Crippen LogP contribution in [0.2, 0.25) is 22.7 Å². The van der Waals surface area contributed by atoms with Crippen molar-refractivity contribution in [1.82, 2.24) is 0 Å². The van der Waals surface area contributed by atoms with Crippen LogP contribution < -0.4 is 0 Å². The molecule has 2 rings (SSSR count). The molecule has 1 fully saturated rings. The highest BCUT2D eigenvalue weighted by atomic mass is 28.3. The van der Waals surface area contributed by atoms with E-state index in [0.717, 1.165) is 17.0 Å². The molecule has 0 aliphatic heterocycles. The minimum atomic E-state index is -1.17. The largest absolute Gasteiger partial charge is 0.0851 e. The summed E-state index contributed by atoms with van der Waals surface area (Å²) < 4.78 is 0. The highest BCUT2D eigenvalue weighted by molar-refractivity contribution is 6.84. The van der Waals surface area contributed by atoms with Gasteiger partial charge in [-0.05, 0) is 30.2 Å². The second kappa shape index (κ2) is 3.48. The zero-order valence-electron chi connectivity index (χ0n) is 11.0. The molecule has 0 N–H and O–H groups in total. The van der Waals surface area contributed by atoms with Crippen LogP contribution >= 0.6 is 0 Å². The Morgan fingerprint density at radius 3 is 2.07 bits per heavy atom. The monoisotopic (exact) mass is 222 g/mol. The van der Waals surface area contributed by atoms with Crippen molar-refractivity contribution < 1.29 is 0 Å². The maximum Gasteiger partial charge on any atom is 0.0660 e. The van der Waals surface area contributed by atoms with Crippen LogP contribution in [0.25, 0.3) is 0 Å². The van der Waals surface area contributed by atoms with Crippen molar-refractivity contribution >= 4 is 8.07 Å². The van der Waals surface area contributed by atoms with Crippen molar-refractivity contribution in [2.24, 2.45) is 5.92 Å². The van der Waals surface area contributed by atoms with E-state index in [2.05, 4.69) is 46.4 Å². The van der Waals surface area contributed by atoms with Gasteiger partial charge in [-0.2, -0.15) is 0 Å². The normalized spacial score (nSPS) is 34.7. The fourth-order valence-electron chi connectivity index (χ4n) is 4.24. The SMILES string of the molecule is CC(C)[Si](C)(C(C)C)C12C=CC(CC1)C2. The summed E-state index contributed by atoms with van der Waals surface area (Å²) in [4.78, 5) is 0. The van der Waals surface area contributed by atoms with E-state index in [1.165, 1.54) is 19.3 Å². The van der Waals surface area contributed by atoms with Crippen molar-refractivity contribution in [1.29, 1.82) is 0 Å². The van der Waals surface area contributed by atoms with Gasteiger partial charge in [-0.15, -0.1) is 0 Å². The molecular weight excluding hydrogens is 196 g/mol. The predicted molar refractivity (Wildman–Crippen MR) is 71.0 cm³/mol. The van der Waals surface area contributed by atoms with Crippen molar-refractivity contribution in [3.05, 3.63) is 12.2 Å². The molecular formula is C14H26Si. The number of hydrogen-bond donors (Lipinski definition) is 0. The third kappa shape index (κ3) is 1.38. The Balaban J connectivity index is 2.37. The average molecular weight is 222 g/mol. The summed E-state index contributed by atoms with van der Waals surface area (Å²) in [5.74, 6) is 0.939. The molecule has 2 unspecified atom stereocenters. The van der Waals surface area contributed by atoms with Crippen LogP contribution in [0.15, 0.2) is 12.2 Å². The van der Waals surface area contributed by atoms with Gasteiger partial charge < -0.3 is 0 Å². The first kappa shape index (κ1) is 11.4. The molecule has 1 saturated carbocycles. The molecule has 0 spiro atoms. The highest BCUT2D eigenvalue weighted by Gasteiger charge is 2.56. The lowest BCUT2D eigenvalue weighted by atomic mass is 10.1. The molecule has 2 aliphatic carbocycles. The van der Waals surface area contributed by atoms with Gasteiger partial charge in [-0.25, -0.2) is 0 Å². The molecule has 2 aliphatic rings. The lowest BCUT2D eigenvalue weighted by Gasteiger charge is -2.49. The predicted octanol–water partition coefficient (Wildman–Crippen LogP) is 5.00. The zero-order chi connectivity index (χ0) is 11.3. The maximum absolute atomic E-state index is 2.67. The summed E-state index contributed by atoms with van der Waals surface area (Å²) in [5, 5.41) is 0.667. The molecule has 0 aromatic rings. The topological polar surface area (TPSA) is 0 Å². The van der Waals surface area contributed by atoms with E-state index < -0.39 is 8.07 Å². The molecule has 2 atom stereocenters.